The maximum absolute atomic E-state index is 13.1. The number of Topliss-reactive ketones (excluding diaryl/α,β-unsaturated/α-hetero) is 1. The van der Waals surface area contributed by atoms with Gasteiger partial charge in [0.1, 0.15) is 17.7 Å². The van der Waals surface area contributed by atoms with Crippen LogP contribution in [0.4, 0.5) is 11.4 Å². The molecule has 0 radical (unpaired) electrons. The molecule has 6 nitrogen and oxygen atoms in total. The van der Waals surface area contributed by atoms with Gasteiger partial charge >= 0.3 is 0 Å². The van der Waals surface area contributed by atoms with Crippen molar-refractivity contribution in [1.29, 1.82) is 0 Å². The third-order valence-corrected chi connectivity index (χ3v) is 4.73. The van der Waals surface area contributed by atoms with E-state index >= 15 is 0 Å². The Hall–Kier alpha value is -2.99. The molecule has 2 aliphatic heterocycles. The van der Waals surface area contributed by atoms with Gasteiger partial charge in [0.25, 0.3) is 5.91 Å². The first-order valence-electron chi connectivity index (χ1n) is 8.06. The van der Waals surface area contributed by atoms with Gasteiger partial charge in [0.2, 0.25) is 5.91 Å². The smallest absolute Gasteiger partial charge is 0.259 e. The Morgan fingerprint density at radius 3 is 2.35 bits per heavy atom. The van der Waals surface area contributed by atoms with Crippen LogP contribution >= 0.6 is 11.6 Å². The molecule has 0 saturated carbocycles. The highest BCUT2D eigenvalue weighted by Gasteiger charge is 2.58. The van der Waals surface area contributed by atoms with Crippen molar-refractivity contribution in [2.45, 2.75) is 13.0 Å². The van der Waals surface area contributed by atoms with E-state index in [9.17, 15) is 14.4 Å². The third-order valence-electron chi connectivity index (χ3n) is 4.50. The van der Waals surface area contributed by atoms with Crippen LogP contribution in [0.15, 0.2) is 59.7 Å². The highest BCUT2D eigenvalue weighted by Crippen LogP contribution is 2.38. The lowest BCUT2D eigenvalue weighted by molar-refractivity contribution is -0.122. The third kappa shape index (κ3) is 2.42. The number of hydrazone groups is 1. The second-order valence-corrected chi connectivity index (χ2v) is 6.57. The van der Waals surface area contributed by atoms with Gasteiger partial charge in [-0.1, -0.05) is 35.9 Å². The Labute approximate surface area is 154 Å². The van der Waals surface area contributed by atoms with Crippen LogP contribution in [0.25, 0.3) is 0 Å². The zero-order valence-electron chi connectivity index (χ0n) is 13.8. The molecule has 0 N–H and O–H groups in total. The van der Waals surface area contributed by atoms with Crippen LogP contribution in [0, 0.1) is 5.92 Å². The van der Waals surface area contributed by atoms with Crippen LogP contribution in [0.2, 0.25) is 5.02 Å². The second-order valence-electron chi connectivity index (χ2n) is 6.14. The number of amides is 2. The van der Waals surface area contributed by atoms with Crippen LogP contribution in [0.1, 0.15) is 6.92 Å². The number of rotatable bonds is 3. The molecule has 26 heavy (non-hydrogen) atoms. The van der Waals surface area contributed by atoms with Crippen molar-refractivity contribution in [2.75, 3.05) is 9.91 Å². The van der Waals surface area contributed by atoms with Gasteiger partial charge in [-0.25, -0.2) is 4.90 Å². The maximum atomic E-state index is 13.1. The molecule has 0 bridgehead atoms. The summed E-state index contributed by atoms with van der Waals surface area (Å²) in [5.74, 6) is -2.10. The molecule has 0 spiro atoms. The molecule has 4 rings (SSSR count). The summed E-state index contributed by atoms with van der Waals surface area (Å²) in [7, 11) is 0. The topological polar surface area (TPSA) is 70.1 Å². The summed E-state index contributed by atoms with van der Waals surface area (Å²) in [5, 5.41) is 6.19. The minimum absolute atomic E-state index is 0.0896. The Kier molecular flexibility index (Phi) is 3.85. The summed E-state index contributed by atoms with van der Waals surface area (Å²) in [5.41, 5.74) is 1.12. The van der Waals surface area contributed by atoms with Gasteiger partial charge in [0.15, 0.2) is 5.78 Å². The highest BCUT2D eigenvalue weighted by molar-refractivity contribution is 6.48. The molecular weight excluding hydrogens is 354 g/mol. The quantitative estimate of drug-likeness (QED) is 0.782. The first kappa shape index (κ1) is 16.5. The minimum atomic E-state index is -0.917. The lowest BCUT2D eigenvalue weighted by Gasteiger charge is -2.22. The van der Waals surface area contributed by atoms with Crippen molar-refractivity contribution in [3.8, 4) is 0 Å². The molecule has 0 unspecified atom stereocenters. The number of carbonyl (C=O) groups is 3. The van der Waals surface area contributed by atoms with E-state index in [1.165, 1.54) is 11.9 Å². The monoisotopic (exact) mass is 367 g/mol. The van der Waals surface area contributed by atoms with Crippen molar-refractivity contribution in [2.24, 2.45) is 11.0 Å². The normalized spacial score (nSPS) is 21.8. The van der Waals surface area contributed by atoms with Crippen LogP contribution in [-0.4, -0.2) is 29.4 Å². The molecule has 7 heteroatoms. The predicted molar refractivity (Wildman–Crippen MR) is 98.3 cm³/mol. The average molecular weight is 368 g/mol. The molecule has 130 valence electrons. The predicted octanol–water partition coefficient (Wildman–Crippen LogP) is 2.66. The van der Waals surface area contributed by atoms with Crippen LogP contribution in [0.5, 0.6) is 0 Å². The van der Waals surface area contributed by atoms with Crippen molar-refractivity contribution in [3.05, 3.63) is 59.6 Å². The number of halogens is 1. The van der Waals surface area contributed by atoms with Crippen molar-refractivity contribution in [3.63, 3.8) is 0 Å². The van der Waals surface area contributed by atoms with Gasteiger partial charge in [0, 0.05) is 11.9 Å². The lowest BCUT2D eigenvalue weighted by atomic mass is 9.95. The lowest BCUT2D eigenvalue weighted by Crippen LogP contribution is -2.39. The van der Waals surface area contributed by atoms with E-state index in [2.05, 4.69) is 5.10 Å². The molecule has 0 aromatic heterocycles. The molecule has 1 fully saturated rings. The average Bonchev–Trinajstić information content (AvgIpc) is 3.13. The molecule has 1 saturated heterocycles. The molecule has 0 aliphatic carbocycles. The van der Waals surface area contributed by atoms with E-state index < -0.39 is 23.8 Å². The fraction of sp³-hybridized carbons (Fsp3) is 0.158. The van der Waals surface area contributed by atoms with Gasteiger partial charge in [0.05, 0.1) is 11.4 Å². The van der Waals surface area contributed by atoms with Crippen molar-refractivity contribution < 1.29 is 14.4 Å². The van der Waals surface area contributed by atoms with E-state index in [4.69, 9.17) is 11.6 Å². The zero-order chi connectivity index (χ0) is 18.4. The van der Waals surface area contributed by atoms with Gasteiger partial charge in [-0.2, -0.15) is 5.10 Å². The van der Waals surface area contributed by atoms with Gasteiger partial charge in [-0.05, 0) is 30.3 Å². The van der Waals surface area contributed by atoms with E-state index in [1.807, 2.05) is 0 Å². The fourth-order valence-electron chi connectivity index (χ4n) is 3.37. The van der Waals surface area contributed by atoms with Gasteiger partial charge in [-0.15, -0.1) is 0 Å². The maximum Gasteiger partial charge on any atom is 0.259 e. The molecular formula is C19H14ClN3O3. The van der Waals surface area contributed by atoms with E-state index in [-0.39, 0.29) is 11.5 Å². The summed E-state index contributed by atoms with van der Waals surface area (Å²) in [6, 6.07) is 14.6. The minimum Gasteiger partial charge on any atom is -0.293 e. The zero-order valence-corrected chi connectivity index (χ0v) is 14.6. The molecule has 2 aromatic carbocycles. The Morgan fingerprint density at radius 1 is 1.00 bits per heavy atom. The Balaban J connectivity index is 1.82. The second kappa shape index (κ2) is 6.07. The molecule has 2 aliphatic rings. The Bertz CT molecular complexity index is 958. The van der Waals surface area contributed by atoms with Crippen LogP contribution in [-0.2, 0) is 14.4 Å². The summed E-state index contributed by atoms with van der Waals surface area (Å²) >= 11 is 6.05. The Morgan fingerprint density at radius 2 is 1.69 bits per heavy atom. The molecule has 2 atom stereocenters. The number of hydrogen-bond donors (Lipinski definition) is 0. The van der Waals surface area contributed by atoms with Gasteiger partial charge < -0.3 is 0 Å². The number of imide groups is 1. The van der Waals surface area contributed by atoms with E-state index in [1.54, 1.807) is 54.6 Å². The number of fused-ring (bicyclic) bond motifs is 1. The van der Waals surface area contributed by atoms with E-state index in [0.29, 0.717) is 16.4 Å². The summed E-state index contributed by atoms with van der Waals surface area (Å²) in [4.78, 5) is 39.2. The summed E-state index contributed by atoms with van der Waals surface area (Å²) in [6.45, 7) is 1.35. The van der Waals surface area contributed by atoms with Gasteiger partial charge in [-0.3, -0.25) is 19.4 Å². The summed E-state index contributed by atoms with van der Waals surface area (Å²) < 4.78 is 0. The first-order valence-corrected chi connectivity index (χ1v) is 8.44. The molecule has 2 amide bonds. The SMILES string of the molecule is CC(=O)C1=NN(c2cccc(Cl)c2)[C@H]2C(=O)N(c3ccccc3)C(=O)[C@@H]12. The number of nitrogens with zero attached hydrogens (tertiary/aromatic N) is 3. The van der Waals surface area contributed by atoms with E-state index in [0.717, 1.165) is 4.90 Å². The standard InChI is InChI=1S/C19H14ClN3O3/c1-11(24)16-15-17(23(21-16)14-9-5-6-12(20)10-14)19(26)22(18(15)25)13-7-3-2-4-8-13/h2-10,15,17H,1H3/t15-,17+/m0/s1. The highest BCUT2D eigenvalue weighted by atomic mass is 35.5. The number of hydrogen-bond acceptors (Lipinski definition) is 5. The number of para-hydroxylation sites is 1. The first-order chi connectivity index (χ1) is 12.5. The number of anilines is 2. The van der Waals surface area contributed by atoms with Crippen LogP contribution in [0.3, 0.4) is 0 Å². The molecule has 2 heterocycles. The fourth-order valence-corrected chi connectivity index (χ4v) is 3.55. The largest absolute Gasteiger partial charge is 0.293 e. The number of carbonyl (C=O) groups excluding carboxylic acids is 3. The number of benzene rings is 2. The van der Waals surface area contributed by atoms with Crippen LogP contribution < -0.4 is 9.91 Å². The summed E-state index contributed by atoms with van der Waals surface area (Å²) in [6.07, 6.45) is 0. The van der Waals surface area contributed by atoms with Crippen molar-refractivity contribution in [1.82, 2.24) is 0 Å². The number of ketones is 1. The van der Waals surface area contributed by atoms with Crippen molar-refractivity contribution >= 4 is 46.3 Å². The molecule has 2 aromatic rings.